The van der Waals surface area contributed by atoms with Crippen LogP contribution in [-0.2, 0) is 4.74 Å². The van der Waals surface area contributed by atoms with Crippen molar-refractivity contribution >= 4 is 22.4 Å². The number of carbonyl (C=O) groups excluding carboxylic acids is 1. The number of hydrogen-bond acceptors (Lipinski definition) is 4. The van der Waals surface area contributed by atoms with Gasteiger partial charge in [0.05, 0.1) is 28.4 Å². The molecule has 0 spiro atoms. The molecule has 0 bridgehead atoms. The third-order valence-electron chi connectivity index (χ3n) is 4.74. The zero-order chi connectivity index (χ0) is 20.4. The summed E-state index contributed by atoms with van der Waals surface area (Å²) >= 11 is 0. The van der Waals surface area contributed by atoms with Gasteiger partial charge in [-0.2, -0.15) is 0 Å². The van der Waals surface area contributed by atoms with Gasteiger partial charge >= 0.3 is 5.97 Å². The molecule has 0 saturated carbocycles. The molecule has 0 fully saturated rings. The Morgan fingerprint density at radius 3 is 2.48 bits per heavy atom. The first-order valence-corrected chi connectivity index (χ1v) is 9.21. The first kappa shape index (κ1) is 18.4. The zero-order valence-electron chi connectivity index (χ0n) is 15.7. The molecular formula is C23H18N2O4. The van der Waals surface area contributed by atoms with E-state index in [9.17, 15) is 14.9 Å². The summed E-state index contributed by atoms with van der Waals surface area (Å²) in [6.07, 6.45) is 0. The number of hydrogen-bond donors (Lipinski definition) is 1. The van der Waals surface area contributed by atoms with E-state index in [-0.39, 0.29) is 17.9 Å². The maximum atomic E-state index is 12.6. The second-order valence-corrected chi connectivity index (χ2v) is 6.53. The number of aromatic amines is 1. The Kier molecular flexibility index (Phi) is 4.83. The number of esters is 1. The van der Waals surface area contributed by atoms with Gasteiger partial charge in [-0.1, -0.05) is 48.5 Å². The van der Waals surface area contributed by atoms with E-state index in [1.807, 2.05) is 42.5 Å². The number of nitro benzene ring substituents is 1. The first-order chi connectivity index (χ1) is 14.1. The summed E-state index contributed by atoms with van der Waals surface area (Å²) in [6.45, 7) is 1.94. The summed E-state index contributed by atoms with van der Waals surface area (Å²) in [5.41, 5.74) is 2.46. The standard InChI is InChI=1S/C23H18N2O4/c1-2-29-23(26)19-14-20(17-12-11-15-7-3-4-8-16(15)13-17)24-22(19)18-9-5-6-10-21(18)25(27)28/h3-14,24H,2H2,1H3. The van der Waals surface area contributed by atoms with E-state index in [0.29, 0.717) is 17.0 Å². The predicted octanol–water partition coefficient (Wildman–Crippen LogP) is 5.59. The molecule has 144 valence electrons. The Hall–Kier alpha value is -3.93. The van der Waals surface area contributed by atoms with Crippen molar-refractivity contribution in [2.45, 2.75) is 6.92 Å². The number of nitrogens with one attached hydrogen (secondary N) is 1. The Morgan fingerprint density at radius 1 is 1.00 bits per heavy atom. The van der Waals surface area contributed by atoms with E-state index in [1.165, 1.54) is 6.07 Å². The molecule has 1 heterocycles. The molecular weight excluding hydrogens is 368 g/mol. The van der Waals surface area contributed by atoms with Crippen LogP contribution in [0.2, 0.25) is 0 Å². The van der Waals surface area contributed by atoms with Crippen LogP contribution in [0.3, 0.4) is 0 Å². The van der Waals surface area contributed by atoms with Crippen molar-refractivity contribution < 1.29 is 14.5 Å². The lowest BCUT2D eigenvalue weighted by Gasteiger charge is -2.05. The van der Waals surface area contributed by atoms with Crippen LogP contribution in [-0.4, -0.2) is 22.5 Å². The van der Waals surface area contributed by atoms with Crippen molar-refractivity contribution in [1.82, 2.24) is 4.98 Å². The van der Waals surface area contributed by atoms with Gasteiger partial charge in [0.1, 0.15) is 0 Å². The molecule has 1 aromatic heterocycles. The van der Waals surface area contributed by atoms with Crippen LogP contribution in [0, 0.1) is 10.1 Å². The molecule has 0 unspecified atom stereocenters. The summed E-state index contributed by atoms with van der Waals surface area (Å²) in [5.74, 6) is -0.524. The summed E-state index contributed by atoms with van der Waals surface area (Å²) in [7, 11) is 0. The summed E-state index contributed by atoms with van der Waals surface area (Å²) < 4.78 is 5.18. The second kappa shape index (κ2) is 7.59. The van der Waals surface area contributed by atoms with Crippen LogP contribution < -0.4 is 0 Å². The lowest BCUT2D eigenvalue weighted by molar-refractivity contribution is -0.384. The number of nitrogens with zero attached hydrogens (tertiary/aromatic N) is 1. The molecule has 0 aliphatic carbocycles. The molecule has 0 aliphatic heterocycles. The van der Waals surface area contributed by atoms with Crippen molar-refractivity contribution in [3.05, 3.63) is 88.5 Å². The van der Waals surface area contributed by atoms with Gasteiger partial charge in [-0.05, 0) is 41.5 Å². The summed E-state index contributed by atoms with van der Waals surface area (Å²) in [5, 5.41) is 13.7. The van der Waals surface area contributed by atoms with Crippen LogP contribution in [0.5, 0.6) is 0 Å². The maximum absolute atomic E-state index is 12.6. The van der Waals surface area contributed by atoms with E-state index in [1.54, 1.807) is 31.2 Å². The summed E-state index contributed by atoms with van der Waals surface area (Å²) in [6, 6.07) is 22.0. The van der Waals surface area contributed by atoms with Gasteiger partial charge in [0.15, 0.2) is 0 Å². The van der Waals surface area contributed by atoms with Gasteiger partial charge in [0.2, 0.25) is 0 Å². The maximum Gasteiger partial charge on any atom is 0.340 e. The predicted molar refractivity (Wildman–Crippen MR) is 112 cm³/mol. The molecule has 4 aromatic rings. The van der Waals surface area contributed by atoms with Crippen LogP contribution in [0.25, 0.3) is 33.3 Å². The topological polar surface area (TPSA) is 85.2 Å². The van der Waals surface area contributed by atoms with Crippen molar-refractivity contribution in [2.24, 2.45) is 0 Å². The number of rotatable bonds is 5. The van der Waals surface area contributed by atoms with Gasteiger partial charge in [0, 0.05) is 11.8 Å². The average Bonchev–Trinajstić information content (AvgIpc) is 3.19. The first-order valence-electron chi connectivity index (χ1n) is 9.21. The molecule has 0 atom stereocenters. The number of fused-ring (bicyclic) bond motifs is 1. The second-order valence-electron chi connectivity index (χ2n) is 6.53. The van der Waals surface area contributed by atoms with E-state index >= 15 is 0 Å². The molecule has 0 radical (unpaired) electrons. The number of ether oxygens (including phenoxy) is 1. The van der Waals surface area contributed by atoms with Crippen LogP contribution in [0.4, 0.5) is 5.69 Å². The zero-order valence-corrected chi connectivity index (χ0v) is 15.7. The minimum absolute atomic E-state index is 0.0787. The SMILES string of the molecule is CCOC(=O)c1cc(-c2ccc3ccccc3c2)[nH]c1-c1ccccc1[N+](=O)[O-]. The van der Waals surface area contributed by atoms with Crippen molar-refractivity contribution in [3.63, 3.8) is 0 Å². The number of aromatic nitrogens is 1. The van der Waals surface area contributed by atoms with E-state index < -0.39 is 10.9 Å². The number of benzene rings is 3. The highest BCUT2D eigenvalue weighted by Crippen LogP contribution is 2.35. The number of H-pyrrole nitrogens is 1. The molecule has 1 N–H and O–H groups in total. The van der Waals surface area contributed by atoms with Crippen molar-refractivity contribution in [1.29, 1.82) is 0 Å². The van der Waals surface area contributed by atoms with Gasteiger partial charge in [-0.15, -0.1) is 0 Å². The molecule has 0 amide bonds. The minimum atomic E-state index is -0.524. The lowest BCUT2D eigenvalue weighted by atomic mass is 10.0. The number of para-hydroxylation sites is 1. The minimum Gasteiger partial charge on any atom is -0.462 e. The van der Waals surface area contributed by atoms with Crippen LogP contribution in [0.15, 0.2) is 72.8 Å². The van der Waals surface area contributed by atoms with E-state index in [2.05, 4.69) is 4.98 Å². The summed E-state index contributed by atoms with van der Waals surface area (Å²) in [4.78, 5) is 26.8. The third-order valence-corrected chi connectivity index (χ3v) is 4.74. The largest absolute Gasteiger partial charge is 0.462 e. The molecule has 0 aliphatic rings. The number of carbonyl (C=O) groups is 1. The molecule has 6 nitrogen and oxygen atoms in total. The van der Waals surface area contributed by atoms with E-state index in [4.69, 9.17) is 4.74 Å². The molecule has 4 rings (SSSR count). The molecule has 0 saturated heterocycles. The Labute approximate surface area is 166 Å². The smallest absolute Gasteiger partial charge is 0.340 e. The Bertz CT molecular complexity index is 1230. The highest BCUT2D eigenvalue weighted by molar-refractivity contribution is 6.00. The Morgan fingerprint density at radius 2 is 1.72 bits per heavy atom. The Balaban J connectivity index is 1.90. The lowest BCUT2D eigenvalue weighted by Crippen LogP contribution is -2.05. The van der Waals surface area contributed by atoms with Crippen LogP contribution in [0.1, 0.15) is 17.3 Å². The van der Waals surface area contributed by atoms with E-state index in [0.717, 1.165) is 16.3 Å². The molecule has 29 heavy (non-hydrogen) atoms. The quantitative estimate of drug-likeness (QED) is 0.275. The fourth-order valence-corrected chi connectivity index (χ4v) is 3.39. The number of nitro groups is 1. The van der Waals surface area contributed by atoms with Gasteiger partial charge in [-0.3, -0.25) is 10.1 Å². The normalized spacial score (nSPS) is 10.8. The average molecular weight is 386 g/mol. The molecule has 6 heteroatoms. The van der Waals surface area contributed by atoms with Gasteiger partial charge < -0.3 is 9.72 Å². The third kappa shape index (κ3) is 3.48. The fraction of sp³-hybridized carbons (Fsp3) is 0.0870. The van der Waals surface area contributed by atoms with Crippen LogP contribution >= 0.6 is 0 Å². The highest BCUT2D eigenvalue weighted by atomic mass is 16.6. The monoisotopic (exact) mass is 386 g/mol. The highest BCUT2D eigenvalue weighted by Gasteiger charge is 2.24. The van der Waals surface area contributed by atoms with Crippen molar-refractivity contribution in [3.8, 4) is 22.5 Å². The molecule has 3 aromatic carbocycles. The fourth-order valence-electron chi connectivity index (χ4n) is 3.39. The van der Waals surface area contributed by atoms with Gasteiger partial charge in [-0.25, -0.2) is 4.79 Å². The van der Waals surface area contributed by atoms with Gasteiger partial charge in [0.25, 0.3) is 5.69 Å². The van der Waals surface area contributed by atoms with Crippen molar-refractivity contribution in [2.75, 3.05) is 6.61 Å².